The molecule has 2 nitrogen and oxygen atoms in total. The van der Waals surface area contributed by atoms with Crippen LogP contribution in [0.5, 0.6) is 5.75 Å². The summed E-state index contributed by atoms with van der Waals surface area (Å²) in [5, 5.41) is 10.4. The van der Waals surface area contributed by atoms with E-state index in [0.29, 0.717) is 21.0 Å². The Bertz CT molecular complexity index is 358. The topological polar surface area (TPSA) is 46.2 Å². The van der Waals surface area contributed by atoms with E-state index < -0.39 is 0 Å². The predicted molar refractivity (Wildman–Crippen MR) is 74.4 cm³/mol. The van der Waals surface area contributed by atoms with Crippen molar-refractivity contribution in [2.45, 2.75) is 26.3 Å². The van der Waals surface area contributed by atoms with Crippen LogP contribution in [-0.2, 0) is 0 Å². The molecule has 0 aliphatic rings. The highest BCUT2D eigenvalue weighted by Crippen LogP contribution is 2.38. The summed E-state index contributed by atoms with van der Waals surface area (Å²) in [6.07, 6.45) is 0.795. The van der Waals surface area contributed by atoms with Gasteiger partial charge in [0.05, 0.1) is 4.47 Å². The number of aromatic hydroxyl groups is 1. The zero-order valence-corrected chi connectivity index (χ0v) is 12.4. The van der Waals surface area contributed by atoms with Crippen molar-refractivity contribution < 1.29 is 5.11 Å². The largest absolute Gasteiger partial charge is 0.506 e. The molecule has 0 bridgehead atoms. The van der Waals surface area contributed by atoms with Gasteiger partial charge in [-0.15, -0.1) is 12.4 Å². The molecule has 0 aliphatic heterocycles. The fourth-order valence-corrected chi connectivity index (χ4v) is 2.17. The molecule has 1 aromatic rings. The lowest BCUT2D eigenvalue weighted by Gasteiger charge is -2.17. The third-order valence-corrected chi connectivity index (χ3v) is 3.18. The van der Waals surface area contributed by atoms with E-state index >= 15 is 0 Å². The Morgan fingerprint density at radius 3 is 2.50 bits per heavy atom. The summed E-state index contributed by atoms with van der Waals surface area (Å²) >= 11 is 9.27. The van der Waals surface area contributed by atoms with Crippen molar-refractivity contribution in [1.82, 2.24) is 0 Å². The molecule has 0 aromatic heterocycles. The molecular weight excluding hydrogens is 313 g/mol. The van der Waals surface area contributed by atoms with Crippen LogP contribution >= 0.6 is 39.9 Å². The van der Waals surface area contributed by atoms with Crippen LogP contribution < -0.4 is 5.73 Å². The van der Waals surface area contributed by atoms with Crippen LogP contribution in [0.25, 0.3) is 0 Å². The average Bonchev–Trinajstić information content (AvgIpc) is 2.11. The van der Waals surface area contributed by atoms with Crippen molar-refractivity contribution in [3.05, 3.63) is 27.2 Å². The van der Waals surface area contributed by atoms with Crippen molar-refractivity contribution in [2.75, 3.05) is 0 Å². The maximum atomic E-state index is 9.85. The van der Waals surface area contributed by atoms with E-state index in [1.165, 1.54) is 0 Å². The summed E-state index contributed by atoms with van der Waals surface area (Å²) in [5.41, 5.74) is 6.63. The lowest BCUT2D eigenvalue weighted by atomic mass is 9.97. The minimum Gasteiger partial charge on any atom is -0.506 e. The Hall–Kier alpha value is 0.0400. The second-order valence-electron chi connectivity index (χ2n) is 4.03. The molecule has 0 amide bonds. The van der Waals surface area contributed by atoms with Crippen LogP contribution in [0.3, 0.4) is 0 Å². The molecule has 1 rings (SSSR count). The molecule has 5 heteroatoms. The molecule has 92 valence electrons. The molecule has 0 heterocycles. The van der Waals surface area contributed by atoms with Gasteiger partial charge >= 0.3 is 0 Å². The standard InChI is InChI=1S/C11H15BrClNO.ClH/c1-6(2)5-9(14)10-8(13)4-3-7(12)11(10)15;/h3-4,6,9,15H,5,14H2,1-2H3;1H/t9-;/m0./s1. The number of phenolic OH excluding ortho intramolecular Hbond substituents is 1. The minimum atomic E-state index is -0.227. The first kappa shape index (κ1) is 16.0. The van der Waals surface area contributed by atoms with Crippen LogP contribution in [0.4, 0.5) is 0 Å². The van der Waals surface area contributed by atoms with E-state index in [9.17, 15) is 5.11 Å². The van der Waals surface area contributed by atoms with Gasteiger partial charge in [-0.3, -0.25) is 0 Å². The summed E-state index contributed by atoms with van der Waals surface area (Å²) in [4.78, 5) is 0. The molecule has 1 atom stereocenters. The van der Waals surface area contributed by atoms with Crippen molar-refractivity contribution in [1.29, 1.82) is 0 Å². The van der Waals surface area contributed by atoms with Crippen molar-refractivity contribution in [3.8, 4) is 5.75 Å². The van der Waals surface area contributed by atoms with E-state index in [2.05, 4.69) is 29.8 Å². The van der Waals surface area contributed by atoms with E-state index in [0.717, 1.165) is 6.42 Å². The molecule has 0 saturated heterocycles. The quantitative estimate of drug-likeness (QED) is 0.870. The normalized spacial score (nSPS) is 12.4. The van der Waals surface area contributed by atoms with Gasteiger partial charge in [-0.25, -0.2) is 0 Å². The fourth-order valence-electron chi connectivity index (χ4n) is 1.54. The predicted octanol–water partition coefficient (Wildman–Crippen LogP) is 4.28. The number of hydrogen-bond donors (Lipinski definition) is 2. The molecule has 0 spiro atoms. The highest BCUT2D eigenvalue weighted by molar-refractivity contribution is 9.10. The Balaban J connectivity index is 0.00000225. The van der Waals surface area contributed by atoms with Gasteiger partial charge in [0, 0.05) is 16.6 Å². The van der Waals surface area contributed by atoms with Gasteiger partial charge in [0.1, 0.15) is 5.75 Å². The monoisotopic (exact) mass is 327 g/mol. The molecule has 1 aromatic carbocycles. The molecular formula is C11H16BrCl2NO. The lowest BCUT2D eigenvalue weighted by Crippen LogP contribution is -2.13. The maximum absolute atomic E-state index is 9.85. The van der Waals surface area contributed by atoms with Gasteiger partial charge in [0.25, 0.3) is 0 Å². The summed E-state index contributed by atoms with van der Waals surface area (Å²) in [5.74, 6) is 0.616. The highest BCUT2D eigenvalue weighted by atomic mass is 79.9. The third kappa shape index (κ3) is 3.81. The van der Waals surface area contributed by atoms with Crippen LogP contribution in [0.15, 0.2) is 16.6 Å². The zero-order valence-electron chi connectivity index (χ0n) is 9.21. The Kier molecular flexibility index (Phi) is 6.71. The van der Waals surface area contributed by atoms with Crippen molar-refractivity contribution in [3.63, 3.8) is 0 Å². The number of benzene rings is 1. The summed E-state index contributed by atoms with van der Waals surface area (Å²) in [6.45, 7) is 4.17. The van der Waals surface area contributed by atoms with E-state index in [1.807, 2.05) is 0 Å². The second kappa shape index (κ2) is 6.70. The second-order valence-corrected chi connectivity index (χ2v) is 5.29. The van der Waals surface area contributed by atoms with Gasteiger partial charge in [0.2, 0.25) is 0 Å². The minimum absolute atomic E-state index is 0. The third-order valence-electron chi connectivity index (χ3n) is 2.21. The van der Waals surface area contributed by atoms with Crippen LogP contribution in [0, 0.1) is 5.92 Å². The maximum Gasteiger partial charge on any atom is 0.136 e. The molecule has 0 unspecified atom stereocenters. The van der Waals surface area contributed by atoms with E-state index in [-0.39, 0.29) is 24.2 Å². The fraction of sp³-hybridized carbons (Fsp3) is 0.455. The van der Waals surface area contributed by atoms with Gasteiger partial charge in [0.15, 0.2) is 0 Å². The first-order valence-corrected chi connectivity index (χ1v) is 6.03. The number of hydrogen-bond acceptors (Lipinski definition) is 2. The number of nitrogens with two attached hydrogens (primary N) is 1. The Labute approximate surface area is 116 Å². The first-order valence-electron chi connectivity index (χ1n) is 4.86. The molecule has 0 saturated carbocycles. The summed E-state index contributed by atoms with van der Waals surface area (Å²) < 4.78 is 0.626. The Morgan fingerprint density at radius 1 is 1.44 bits per heavy atom. The number of phenols is 1. The molecule has 16 heavy (non-hydrogen) atoms. The number of halogens is 3. The van der Waals surface area contributed by atoms with E-state index in [4.69, 9.17) is 17.3 Å². The number of rotatable bonds is 3. The highest BCUT2D eigenvalue weighted by Gasteiger charge is 2.17. The van der Waals surface area contributed by atoms with Crippen LogP contribution in [-0.4, -0.2) is 5.11 Å². The summed E-state index contributed by atoms with van der Waals surface area (Å²) in [7, 11) is 0. The van der Waals surface area contributed by atoms with E-state index in [1.54, 1.807) is 12.1 Å². The first-order chi connectivity index (χ1) is 6.93. The average molecular weight is 329 g/mol. The van der Waals surface area contributed by atoms with Gasteiger partial charge in [-0.05, 0) is 40.4 Å². The van der Waals surface area contributed by atoms with Crippen molar-refractivity contribution >= 4 is 39.9 Å². The van der Waals surface area contributed by atoms with Gasteiger partial charge in [-0.2, -0.15) is 0 Å². The summed E-state index contributed by atoms with van der Waals surface area (Å²) in [6, 6.07) is 3.22. The van der Waals surface area contributed by atoms with Gasteiger partial charge < -0.3 is 10.8 Å². The lowest BCUT2D eigenvalue weighted by molar-refractivity contribution is 0.442. The molecule has 3 N–H and O–H groups in total. The van der Waals surface area contributed by atoms with Gasteiger partial charge in [-0.1, -0.05) is 25.4 Å². The molecule has 0 fully saturated rings. The van der Waals surface area contributed by atoms with Crippen molar-refractivity contribution in [2.24, 2.45) is 11.7 Å². The smallest absolute Gasteiger partial charge is 0.136 e. The Morgan fingerprint density at radius 2 is 2.00 bits per heavy atom. The molecule has 0 aliphatic carbocycles. The van der Waals surface area contributed by atoms with Crippen LogP contribution in [0.1, 0.15) is 31.9 Å². The zero-order chi connectivity index (χ0) is 11.6. The molecule has 0 radical (unpaired) electrons. The van der Waals surface area contributed by atoms with Crippen LogP contribution in [0.2, 0.25) is 5.02 Å². The SMILES string of the molecule is CC(C)C[C@H](N)c1c(Cl)ccc(Br)c1O.Cl.